The van der Waals surface area contributed by atoms with E-state index in [1.165, 1.54) is 87.9 Å². The van der Waals surface area contributed by atoms with Crippen molar-refractivity contribution in [1.29, 1.82) is 0 Å². The van der Waals surface area contributed by atoms with Gasteiger partial charge in [-0.3, -0.25) is 0 Å². The predicted octanol–water partition coefficient (Wildman–Crippen LogP) is 12.5. The highest BCUT2D eigenvalue weighted by Crippen LogP contribution is 2.49. The van der Waals surface area contributed by atoms with Crippen LogP contribution in [0.2, 0.25) is 0 Å². The van der Waals surface area contributed by atoms with Crippen molar-refractivity contribution in [2.75, 3.05) is 4.90 Å². The van der Waals surface area contributed by atoms with Crippen LogP contribution >= 0.6 is 0 Å². The summed E-state index contributed by atoms with van der Waals surface area (Å²) in [7, 11) is 0. The Hall–Kier alpha value is -6.38. The van der Waals surface area contributed by atoms with Crippen LogP contribution in [0.1, 0.15) is 17.0 Å². The van der Waals surface area contributed by atoms with Gasteiger partial charge in [-0.1, -0.05) is 140 Å². The molecule has 8 aromatic carbocycles. The second-order valence-electron chi connectivity index (χ2n) is 13.7. The van der Waals surface area contributed by atoms with Gasteiger partial charge < -0.3 is 9.47 Å². The lowest BCUT2D eigenvalue weighted by Gasteiger charge is -2.29. The molecule has 1 aliphatic carbocycles. The molecule has 2 heterocycles. The molecule has 2 aliphatic rings. The van der Waals surface area contributed by atoms with Gasteiger partial charge in [0.15, 0.2) is 0 Å². The van der Waals surface area contributed by atoms with E-state index in [0.29, 0.717) is 0 Å². The number of hydrogen-bond donors (Lipinski definition) is 0. The number of nitrogens with zero attached hydrogens (tertiary/aromatic N) is 2. The average molecular weight is 637 g/mol. The van der Waals surface area contributed by atoms with E-state index < -0.39 is 0 Å². The topological polar surface area (TPSA) is 8.17 Å². The van der Waals surface area contributed by atoms with Crippen molar-refractivity contribution < 1.29 is 0 Å². The van der Waals surface area contributed by atoms with E-state index >= 15 is 0 Å². The van der Waals surface area contributed by atoms with E-state index in [1.54, 1.807) is 0 Å². The summed E-state index contributed by atoms with van der Waals surface area (Å²) in [5.41, 5.74) is 10.0. The van der Waals surface area contributed by atoms with Crippen LogP contribution in [-0.2, 0) is 0 Å². The first-order valence-electron chi connectivity index (χ1n) is 17.5. The van der Waals surface area contributed by atoms with Crippen LogP contribution in [-0.4, -0.2) is 10.6 Å². The van der Waals surface area contributed by atoms with Gasteiger partial charge in [-0.05, 0) is 91.5 Å². The Balaban J connectivity index is 1.10. The fraction of sp³-hybridized carbons (Fsp3) is 0.0417. The Bertz CT molecular complexity index is 2850. The van der Waals surface area contributed by atoms with Gasteiger partial charge in [0.2, 0.25) is 0 Å². The third-order valence-electron chi connectivity index (χ3n) is 11.1. The van der Waals surface area contributed by atoms with Crippen LogP contribution in [0.3, 0.4) is 0 Å². The first kappa shape index (κ1) is 27.6. The minimum absolute atomic E-state index is 0.247. The molecule has 0 radical (unpaired) electrons. The summed E-state index contributed by atoms with van der Waals surface area (Å²) in [5.74, 6) is 0.275. The molecule has 2 unspecified atom stereocenters. The van der Waals surface area contributed by atoms with Crippen molar-refractivity contribution in [3.63, 3.8) is 0 Å². The number of hydrogen-bond acceptors (Lipinski definition) is 1. The van der Waals surface area contributed by atoms with Crippen molar-refractivity contribution in [2.45, 2.75) is 12.0 Å². The molecule has 2 nitrogen and oxygen atoms in total. The van der Waals surface area contributed by atoms with Crippen LogP contribution in [0.5, 0.6) is 0 Å². The van der Waals surface area contributed by atoms with E-state index in [-0.39, 0.29) is 12.0 Å². The van der Waals surface area contributed by atoms with Gasteiger partial charge in [0.05, 0.1) is 17.1 Å². The minimum atomic E-state index is 0.247. The Morgan fingerprint density at radius 1 is 0.420 bits per heavy atom. The lowest BCUT2D eigenvalue weighted by Crippen LogP contribution is -2.28. The molecule has 0 amide bonds. The van der Waals surface area contributed by atoms with Crippen LogP contribution in [0, 0.1) is 0 Å². The van der Waals surface area contributed by atoms with Crippen molar-refractivity contribution in [3.05, 3.63) is 193 Å². The lowest BCUT2D eigenvalue weighted by molar-refractivity contribution is 0.747. The second-order valence-corrected chi connectivity index (χ2v) is 13.7. The Kier molecular flexibility index (Phi) is 5.82. The molecule has 2 atom stereocenters. The zero-order chi connectivity index (χ0) is 32.8. The van der Waals surface area contributed by atoms with Gasteiger partial charge in [-0.15, -0.1) is 0 Å². The maximum absolute atomic E-state index is 2.50. The molecule has 2 heteroatoms. The van der Waals surface area contributed by atoms with Gasteiger partial charge in [0, 0.05) is 33.8 Å². The average Bonchev–Trinajstić information content (AvgIpc) is 3.70. The minimum Gasteiger partial charge on any atom is -0.333 e. The molecule has 1 aliphatic heterocycles. The molecule has 0 saturated carbocycles. The number of benzene rings is 8. The smallest absolute Gasteiger partial charge is 0.0630 e. The summed E-state index contributed by atoms with van der Waals surface area (Å²) < 4.78 is 2.47. The third kappa shape index (κ3) is 3.90. The highest BCUT2D eigenvalue weighted by Gasteiger charge is 2.38. The standard InChI is InChI=1S/C48H32N2/c1-2-12-33(13-3-1)49-46-21-11-9-19-41(46)44-28-31(23-27-47(44)49)32-22-25-42-40-18-8-10-20-45(40)50(48(42)29-32)34-24-26-39-37-16-5-4-14-35(37)36-15-6-7-17-38(36)43(39)30-34/h1-30,44,47H. The molecule has 0 saturated heterocycles. The fourth-order valence-electron chi connectivity index (χ4n) is 8.89. The molecule has 0 fully saturated rings. The van der Waals surface area contributed by atoms with E-state index in [9.17, 15) is 0 Å². The summed E-state index contributed by atoms with van der Waals surface area (Å²) in [4.78, 5) is 2.50. The Morgan fingerprint density at radius 2 is 1.02 bits per heavy atom. The zero-order valence-electron chi connectivity index (χ0n) is 27.4. The lowest BCUT2D eigenvalue weighted by atomic mass is 9.86. The summed E-state index contributed by atoms with van der Waals surface area (Å²) in [6, 6.07) is 60.5. The molecule has 234 valence electrons. The van der Waals surface area contributed by atoms with E-state index in [2.05, 4.69) is 191 Å². The van der Waals surface area contributed by atoms with Gasteiger partial charge in [0.1, 0.15) is 0 Å². The number of rotatable bonds is 3. The molecule has 11 rings (SSSR count). The normalized spacial score (nSPS) is 16.8. The fourth-order valence-corrected chi connectivity index (χ4v) is 8.89. The summed E-state index contributed by atoms with van der Waals surface area (Å²) in [6.45, 7) is 0. The first-order chi connectivity index (χ1) is 24.8. The van der Waals surface area contributed by atoms with Crippen LogP contribution < -0.4 is 4.90 Å². The van der Waals surface area contributed by atoms with Crippen LogP contribution in [0.25, 0.3) is 65.4 Å². The van der Waals surface area contributed by atoms with E-state index in [1.807, 2.05) is 0 Å². The molecular formula is C48H32N2. The quantitative estimate of drug-likeness (QED) is 0.175. The number of anilines is 2. The second kappa shape index (κ2) is 10.6. The summed E-state index contributed by atoms with van der Waals surface area (Å²) in [6.07, 6.45) is 7.24. The van der Waals surface area contributed by atoms with E-state index in [0.717, 1.165) is 0 Å². The highest BCUT2D eigenvalue weighted by molar-refractivity contribution is 6.25. The maximum atomic E-state index is 2.50. The Labute approximate surface area is 290 Å². The van der Waals surface area contributed by atoms with Crippen LogP contribution in [0.4, 0.5) is 11.4 Å². The number of aromatic nitrogens is 1. The third-order valence-corrected chi connectivity index (χ3v) is 11.1. The molecule has 9 aromatic rings. The highest BCUT2D eigenvalue weighted by atomic mass is 15.2. The number of fused-ring (bicyclic) bond motifs is 12. The number of para-hydroxylation sites is 3. The molecule has 1 aromatic heterocycles. The molecule has 50 heavy (non-hydrogen) atoms. The van der Waals surface area contributed by atoms with Crippen molar-refractivity contribution in [3.8, 4) is 5.69 Å². The van der Waals surface area contributed by atoms with Gasteiger partial charge in [-0.2, -0.15) is 0 Å². The summed E-state index contributed by atoms with van der Waals surface area (Å²) in [5, 5.41) is 10.3. The molecule has 0 bridgehead atoms. The summed E-state index contributed by atoms with van der Waals surface area (Å²) >= 11 is 0. The molecular weight excluding hydrogens is 605 g/mol. The SMILES string of the molecule is C1=CC2C(C=C1c1ccc3c4ccccc4n(-c4ccc5c6ccccc6c6ccccc6c5c4)c3c1)c1ccccc1N2c1ccccc1. The monoisotopic (exact) mass is 636 g/mol. The first-order valence-corrected chi connectivity index (χ1v) is 17.5. The predicted molar refractivity (Wildman–Crippen MR) is 212 cm³/mol. The maximum Gasteiger partial charge on any atom is 0.0630 e. The van der Waals surface area contributed by atoms with Crippen molar-refractivity contribution in [2.24, 2.45) is 0 Å². The van der Waals surface area contributed by atoms with Gasteiger partial charge in [-0.25, -0.2) is 0 Å². The Morgan fingerprint density at radius 3 is 1.80 bits per heavy atom. The van der Waals surface area contributed by atoms with Gasteiger partial charge in [0.25, 0.3) is 0 Å². The van der Waals surface area contributed by atoms with E-state index in [4.69, 9.17) is 0 Å². The molecule has 0 spiro atoms. The van der Waals surface area contributed by atoms with Crippen LogP contribution in [0.15, 0.2) is 182 Å². The van der Waals surface area contributed by atoms with Crippen molar-refractivity contribution >= 4 is 71.1 Å². The largest absolute Gasteiger partial charge is 0.333 e. The van der Waals surface area contributed by atoms with Gasteiger partial charge >= 0.3 is 0 Å². The molecule has 0 N–H and O–H groups in total. The number of allylic oxidation sites excluding steroid dienone is 2. The van der Waals surface area contributed by atoms with Crippen molar-refractivity contribution in [1.82, 2.24) is 4.57 Å². The zero-order valence-corrected chi connectivity index (χ0v) is 27.4.